The van der Waals surface area contributed by atoms with Crippen LogP contribution < -0.4 is 5.73 Å². The van der Waals surface area contributed by atoms with Crippen LogP contribution in [0, 0.1) is 5.92 Å². The summed E-state index contributed by atoms with van der Waals surface area (Å²) >= 11 is 0. The van der Waals surface area contributed by atoms with Gasteiger partial charge in [0.15, 0.2) is 0 Å². The van der Waals surface area contributed by atoms with Crippen molar-refractivity contribution in [3.8, 4) is 0 Å². The van der Waals surface area contributed by atoms with E-state index in [-0.39, 0.29) is 11.1 Å². The lowest BCUT2D eigenvalue weighted by atomic mass is 9.81. The van der Waals surface area contributed by atoms with Crippen LogP contribution in [0.2, 0.25) is 0 Å². The summed E-state index contributed by atoms with van der Waals surface area (Å²) in [5.41, 5.74) is 6.68. The van der Waals surface area contributed by atoms with E-state index in [0.29, 0.717) is 12.0 Å². The molecule has 2 aliphatic rings. The Hall–Kier alpha value is -0.160. The summed E-state index contributed by atoms with van der Waals surface area (Å²) in [5, 5.41) is 0. The van der Waals surface area contributed by atoms with Crippen molar-refractivity contribution in [2.24, 2.45) is 11.7 Å². The van der Waals surface area contributed by atoms with Gasteiger partial charge in [0.25, 0.3) is 0 Å². The normalized spacial score (nSPS) is 33.6. The van der Waals surface area contributed by atoms with E-state index >= 15 is 0 Å². The molecule has 0 aromatic rings. The average Bonchev–Trinajstić information content (AvgIpc) is 2.46. The highest BCUT2D eigenvalue weighted by atomic mass is 16.5. The molecule has 2 N–H and O–H groups in total. The molecule has 2 atom stereocenters. The van der Waals surface area contributed by atoms with Crippen molar-refractivity contribution >= 4 is 0 Å². The monoisotopic (exact) mass is 297 g/mol. The van der Waals surface area contributed by atoms with Crippen LogP contribution >= 0.6 is 0 Å². The van der Waals surface area contributed by atoms with Crippen LogP contribution in [-0.4, -0.2) is 66.3 Å². The van der Waals surface area contributed by atoms with Crippen molar-refractivity contribution in [2.45, 2.75) is 64.6 Å². The largest absolute Gasteiger partial charge is 0.378 e. The quantitative estimate of drug-likeness (QED) is 0.864. The standard InChI is InChI=1S/C17H35N3O/c1-14(2)15-12-17(13-18,6-11-21-15)20-9-7-19(8-10-20)16(3,4)5/h14-15H,6-13,18H2,1-5H3. The van der Waals surface area contributed by atoms with Gasteiger partial charge in [0.2, 0.25) is 0 Å². The molecule has 124 valence electrons. The predicted molar refractivity (Wildman–Crippen MR) is 88.5 cm³/mol. The summed E-state index contributed by atoms with van der Waals surface area (Å²) in [5.74, 6) is 0.576. The molecular weight excluding hydrogens is 262 g/mol. The Labute approximate surface area is 131 Å². The van der Waals surface area contributed by atoms with Gasteiger partial charge < -0.3 is 10.5 Å². The van der Waals surface area contributed by atoms with Crippen LogP contribution in [0.1, 0.15) is 47.5 Å². The van der Waals surface area contributed by atoms with E-state index in [1.807, 2.05) is 0 Å². The Kier molecular flexibility index (Phi) is 5.35. The van der Waals surface area contributed by atoms with E-state index in [0.717, 1.165) is 52.2 Å². The maximum atomic E-state index is 6.24. The van der Waals surface area contributed by atoms with Crippen LogP contribution in [-0.2, 0) is 4.74 Å². The SMILES string of the molecule is CC(C)C1CC(CN)(N2CCN(C(C)(C)C)CC2)CCO1. The van der Waals surface area contributed by atoms with Gasteiger partial charge in [-0.15, -0.1) is 0 Å². The van der Waals surface area contributed by atoms with Gasteiger partial charge in [0, 0.05) is 50.4 Å². The molecule has 0 bridgehead atoms. The first-order chi connectivity index (χ1) is 9.78. The van der Waals surface area contributed by atoms with E-state index in [2.05, 4.69) is 44.4 Å². The summed E-state index contributed by atoms with van der Waals surface area (Å²) in [6.07, 6.45) is 2.54. The van der Waals surface area contributed by atoms with Crippen molar-refractivity contribution < 1.29 is 4.74 Å². The van der Waals surface area contributed by atoms with Gasteiger partial charge in [-0.1, -0.05) is 13.8 Å². The van der Waals surface area contributed by atoms with E-state index in [1.54, 1.807) is 0 Å². The molecule has 0 aliphatic carbocycles. The highest BCUT2D eigenvalue weighted by Crippen LogP contribution is 2.34. The molecule has 0 aromatic heterocycles. The minimum atomic E-state index is 0.164. The molecule has 2 heterocycles. The van der Waals surface area contributed by atoms with Crippen molar-refractivity contribution in [1.82, 2.24) is 9.80 Å². The van der Waals surface area contributed by atoms with Crippen LogP contribution in [0.15, 0.2) is 0 Å². The molecule has 2 rings (SSSR count). The van der Waals surface area contributed by atoms with E-state index in [1.165, 1.54) is 0 Å². The lowest BCUT2D eigenvalue weighted by Gasteiger charge is -2.53. The number of ether oxygens (including phenoxy) is 1. The first kappa shape index (κ1) is 17.2. The third-order valence-electron chi connectivity index (χ3n) is 5.50. The zero-order valence-electron chi connectivity index (χ0n) is 14.7. The third-order valence-corrected chi connectivity index (χ3v) is 5.50. The summed E-state index contributed by atoms with van der Waals surface area (Å²) in [4.78, 5) is 5.25. The predicted octanol–water partition coefficient (Wildman–Crippen LogP) is 1.94. The first-order valence-corrected chi connectivity index (χ1v) is 8.60. The Morgan fingerprint density at radius 2 is 1.81 bits per heavy atom. The Morgan fingerprint density at radius 1 is 1.19 bits per heavy atom. The Morgan fingerprint density at radius 3 is 2.29 bits per heavy atom. The van der Waals surface area contributed by atoms with Crippen LogP contribution in [0.5, 0.6) is 0 Å². The average molecular weight is 297 g/mol. The molecule has 0 spiro atoms. The molecule has 0 saturated carbocycles. The molecule has 2 unspecified atom stereocenters. The highest BCUT2D eigenvalue weighted by molar-refractivity contribution is 4.99. The number of hydrogen-bond acceptors (Lipinski definition) is 4. The fourth-order valence-electron chi connectivity index (χ4n) is 3.82. The summed E-state index contributed by atoms with van der Waals surface area (Å²) in [6.45, 7) is 17.6. The molecule has 21 heavy (non-hydrogen) atoms. The zero-order valence-corrected chi connectivity index (χ0v) is 14.7. The number of nitrogens with zero attached hydrogens (tertiary/aromatic N) is 2. The lowest BCUT2D eigenvalue weighted by molar-refractivity contribution is -0.100. The zero-order chi connectivity index (χ0) is 15.7. The van der Waals surface area contributed by atoms with E-state index in [4.69, 9.17) is 10.5 Å². The minimum Gasteiger partial charge on any atom is -0.378 e. The minimum absolute atomic E-state index is 0.164. The summed E-state index contributed by atoms with van der Waals surface area (Å²) in [6, 6.07) is 0. The molecule has 4 nitrogen and oxygen atoms in total. The summed E-state index contributed by atoms with van der Waals surface area (Å²) < 4.78 is 5.97. The second kappa shape index (κ2) is 6.53. The second-order valence-electron chi connectivity index (χ2n) is 8.18. The van der Waals surface area contributed by atoms with Crippen LogP contribution in [0.3, 0.4) is 0 Å². The maximum absolute atomic E-state index is 6.24. The van der Waals surface area contributed by atoms with Gasteiger partial charge in [-0.25, -0.2) is 0 Å². The van der Waals surface area contributed by atoms with Gasteiger partial charge in [0.1, 0.15) is 0 Å². The molecular formula is C17H35N3O. The second-order valence-corrected chi connectivity index (χ2v) is 8.18. The van der Waals surface area contributed by atoms with Crippen molar-refractivity contribution in [1.29, 1.82) is 0 Å². The number of piperazine rings is 1. The number of hydrogen-bond donors (Lipinski definition) is 1. The molecule has 0 amide bonds. The van der Waals surface area contributed by atoms with Crippen LogP contribution in [0.25, 0.3) is 0 Å². The Balaban J connectivity index is 2.02. The smallest absolute Gasteiger partial charge is 0.0616 e. The van der Waals surface area contributed by atoms with Crippen molar-refractivity contribution in [2.75, 3.05) is 39.3 Å². The number of rotatable bonds is 3. The van der Waals surface area contributed by atoms with E-state index in [9.17, 15) is 0 Å². The van der Waals surface area contributed by atoms with Gasteiger partial charge in [0.05, 0.1) is 6.10 Å². The molecule has 2 saturated heterocycles. The maximum Gasteiger partial charge on any atom is 0.0616 e. The fourth-order valence-corrected chi connectivity index (χ4v) is 3.82. The molecule has 4 heteroatoms. The highest BCUT2D eigenvalue weighted by Gasteiger charge is 2.43. The third kappa shape index (κ3) is 3.79. The molecule has 2 fully saturated rings. The topological polar surface area (TPSA) is 41.7 Å². The summed E-state index contributed by atoms with van der Waals surface area (Å²) in [7, 11) is 0. The Bertz CT molecular complexity index is 331. The molecule has 0 radical (unpaired) electrons. The van der Waals surface area contributed by atoms with Crippen molar-refractivity contribution in [3.05, 3.63) is 0 Å². The lowest BCUT2D eigenvalue weighted by Crippen LogP contribution is -2.65. The van der Waals surface area contributed by atoms with E-state index < -0.39 is 0 Å². The molecule has 0 aromatic carbocycles. The van der Waals surface area contributed by atoms with Crippen LogP contribution in [0.4, 0.5) is 0 Å². The fraction of sp³-hybridized carbons (Fsp3) is 1.00. The number of nitrogens with two attached hydrogens (primary N) is 1. The van der Waals surface area contributed by atoms with Gasteiger partial charge in [-0.3, -0.25) is 9.80 Å². The molecule has 2 aliphatic heterocycles. The first-order valence-electron chi connectivity index (χ1n) is 8.60. The van der Waals surface area contributed by atoms with Gasteiger partial charge >= 0.3 is 0 Å². The van der Waals surface area contributed by atoms with Gasteiger partial charge in [-0.2, -0.15) is 0 Å². The van der Waals surface area contributed by atoms with Crippen molar-refractivity contribution in [3.63, 3.8) is 0 Å². The van der Waals surface area contributed by atoms with Gasteiger partial charge in [-0.05, 0) is 39.5 Å².